The summed E-state index contributed by atoms with van der Waals surface area (Å²) in [5.74, 6) is 1.87. The quantitative estimate of drug-likeness (QED) is 0.893. The molecule has 3 rings (SSSR count). The first kappa shape index (κ1) is 12.0. The lowest BCUT2D eigenvalue weighted by Crippen LogP contribution is -2.06. The average Bonchev–Trinajstić information content (AvgIpc) is 3.09. The Morgan fingerprint density at radius 1 is 1.33 bits per heavy atom. The van der Waals surface area contributed by atoms with E-state index in [9.17, 15) is 0 Å². The summed E-state index contributed by atoms with van der Waals surface area (Å²) in [5.41, 5.74) is 0. The summed E-state index contributed by atoms with van der Waals surface area (Å²) in [4.78, 5) is 4.49. The van der Waals surface area contributed by atoms with E-state index < -0.39 is 0 Å². The van der Waals surface area contributed by atoms with Crippen LogP contribution in [0, 0.1) is 5.92 Å². The average molecular weight is 305 g/mol. The molecular formula is C15H17BrN2. The number of pyridine rings is 1. The van der Waals surface area contributed by atoms with Crippen LogP contribution in [0.1, 0.15) is 26.2 Å². The molecule has 2 atom stereocenters. The summed E-state index contributed by atoms with van der Waals surface area (Å²) in [6.07, 6.45) is 5.77. The zero-order valence-electron chi connectivity index (χ0n) is 10.5. The summed E-state index contributed by atoms with van der Waals surface area (Å²) < 4.78 is 1.13. The number of anilines is 1. The van der Waals surface area contributed by atoms with E-state index in [1.165, 1.54) is 30.0 Å². The van der Waals surface area contributed by atoms with Crippen LogP contribution in [-0.4, -0.2) is 11.0 Å². The third kappa shape index (κ3) is 2.24. The highest BCUT2D eigenvalue weighted by Gasteiger charge is 2.36. The smallest absolute Gasteiger partial charge is 0.134 e. The van der Waals surface area contributed by atoms with E-state index in [-0.39, 0.29) is 0 Å². The summed E-state index contributed by atoms with van der Waals surface area (Å²) in [7, 11) is 0. The Kier molecular flexibility index (Phi) is 3.25. The van der Waals surface area contributed by atoms with Crippen LogP contribution in [0.5, 0.6) is 0 Å². The molecule has 1 aliphatic carbocycles. The van der Waals surface area contributed by atoms with Crippen molar-refractivity contribution in [2.45, 2.75) is 32.2 Å². The molecular weight excluding hydrogens is 288 g/mol. The van der Waals surface area contributed by atoms with E-state index in [2.05, 4.69) is 57.4 Å². The zero-order chi connectivity index (χ0) is 12.5. The van der Waals surface area contributed by atoms with E-state index in [0.29, 0.717) is 6.04 Å². The fourth-order valence-corrected chi connectivity index (χ4v) is 3.07. The number of nitrogens with one attached hydrogen (secondary N) is 1. The van der Waals surface area contributed by atoms with E-state index in [0.717, 1.165) is 16.2 Å². The van der Waals surface area contributed by atoms with Gasteiger partial charge in [0.2, 0.25) is 0 Å². The van der Waals surface area contributed by atoms with Crippen LogP contribution >= 0.6 is 15.9 Å². The Hall–Kier alpha value is -1.09. The van der Waals surface area contributed by atoms with Crippen LogP contribution in [-0.2, 0) is 0 Å². The number of halogens is 1. The van der Waals surface area contributed by atoms with E-state index in [1.54, 1.807) is 0 Å². The van der Waals surface area contributed by atoms with Gasteiger partial charge >= 0.3 is 0 Å². The van der Waals surface area contributed by atoms with Gasteiger partial charge in [-0.3, -0.25) is 0 Å². The minimum atomic E-state index is 0.627. The Bertz CT molecular complexity index is 567. The van der Waals surface area contributed by atoms with Gasteiger partial charge < -0.3 is 5.32 Å². The third-order valence-corrected chi connectivity index (χ3v) is 4.35. The van der Waals surface area contributed by atoms with Crippen LogP contribution in [0.2, 0.25) is 0 Å². The van der Waals surface area contributed by atoms with Gasteiger partial charge in [-0.15, -0.1) is 0 Å². The summed E-state index contributed by atoms with van der Waals surface area (Å²) in [6, 6.07) is 8.95. The lowest BCUT2D eigenvalue weighted by Gasteiger charge is -2.09. The van der Waals surface area contributed by atoms with Gasteiger partial charge in [0.1, 0.15) is 5.82 Å². The molecule has 1 saturated carbocycles. The molecule has 1 aromatic carbocycles. The predicted octanol–water partition coefficient (Wildman–Crippen LogP) is 4.60. The molecule has 0 aliphatic heterocycles. The van der Waals surface area contributed by atoms with Crippen LogP contribution in [0.15, 0.2) is 34.9 Å². The fraction of sp³-hybridized carbons (Fsp3) is 0.400. The number of rotatable bonds is 4. The first-order valence-electron chi connectivity index (χ1n) is 6.59. The van der Waals surface area contributed by atoms with Crippen molar-refractivity contribution < 1.29 is 0 Å². The van der Waals surface area contributed by atoms with Crippen molar-refractivity contribution in [1.82, 2.24) is 4.98 Å². The molecule has 0 spiro atoms. The van der Waals surface area contributed by atoms with Gasteiger partial charge in [-0.25, -0.2) is 4.98 Å². The normalized spacial score (nSPS) is 22.1. The van der Waals surface area contributed by atoms with Crippen molar-refractivity contribution in [3.05, 3.63) is 34.9 Å². The molecule has 3 heteroatoms. The monoisotopic (exact) mass is 304 g/mol. The van der Waals surface area contributed by atoms with Gasteiger partial charge in [0.15, 0.2) is 0 Å². The third-order valence-electron chi connectivity index (χ3n) is 3.66. The van der Waals surface area contributed by atoms with Crippen molar-refractivity contribution in [2.24, 2.45) is 5.92 Å². The standard InChI is InChI=1S/C15H17BrN2/c1-2-4-10-9-14(10)18-15-12-5-3-6-13(16)11(12)7-8-17-15/h3,5-8,10,14H,2,4,9H2,1H3,(H,17,18). The fourth-order valence-electron chi connectivity index (χ4n) is 2.57. The highest BCUT2D eigenvalue weighted by Crippen LogP contribution is 2.38. The molecule has 2 nitrogen and oxygen atoms in total. The number of benzene rings is 1. The van der Waals surface area contributed by atoms with Crippen LogP contribution < -0.4 is 5.32 Å². The minimum Gasteiger partial charge on any atom is -0.367 e. The number of aromatic nitrogens is 1. The van der Waals surface area contributed by atoms with Crippen molar-refractivity contribution in [3.63, 3.8) is 0 Å². The second-order valence-corrected chi connectivity index (χ2v) is 5.88. The molecule has 1 N–H and O–H groups in total. The molecule has 2 aromatic rings. The lowest BCUT2D eigenvalue weighted by molar-refractivity contribution is 0.692. The number of fused-ring (bicyclic) bond motifs is 1. The highest BCUT2D eigenvalue weighted by atomic mass is 79.9. The molecule has 1 aromatic heterocycles. The zero-order valence-corrected chi connectivity index (χ0v) is 12.1. The molecule has 18 heavy (non-hydrogen) atoms. The van der Waals surface area contributed by atoms with E-state index >= 15 is 0 Å². The Morgan fingerprint density at radius 3 is 3.06 bits per heavy atom. The lowest BCUT2D eigenvalue weighted by atomic mass is 10.1. The molecule has 0 radical (unpaired) electrons. The minimum absolute atomic E-state index is 0.627. The van der Waals surface area contributed by atoms with Gasteiger partial charge in [-0.1, -0.05) is 41.4 Å². The topological polar surface area (TPSA) is 24.9 Å². The molecule has 0 bridgehead atoms. The van der Waals surface area contributed by atoms with Crippen LogP contribution in [0.25, 0.3) is 10.8 Å². The first-order valence-corrected chi connectivity index (χ1v) is 7.38. The SMILES string of the molecule is CCCC1CC1Nc1nccc2c(Br)cccc12. The molecule has 1 heterocycles. The van der Waals surface area contributed by atoms with Crippen LogP contribution in [0.3, 0.4) is 0 Å². The molecule has 0 saturated heterocycles. The van der Waals surface area contributed by atoms with E-state index in [1.807, 2.05) is 6.20 Å². The van der Waals surface area contributed by atoms with Gasteiger partial charge in [0.25, 0.3) is 0 Å². The highest BCUT2D eigenvalue weighted by molar-refractivity contribution is 9.10. The van der Waals surface area contributed by atoms with Gasteiger partial charge in [-0.05, 0) is 30.9 Å². The molecule has 1 aliphatic rings. The second-order valence-electron chi connectivity index (χ2n) is 5.03. The van der Waals surface area contributed by atoms with Crippen molar-refractivity contribution in [3.8, 4) is 0 Å². The first-order chi connectivity index (χ1) is 8.79. The molecule has 94 valence electrons. The summed E-state index contributed by atoms with van der Waals surface area (Å²) >= 11 is 3.59. The maximum atomic E-state index is 4.49. The summed E-state index contributed by atoms with van der Waals surface area (Å²) in [5, 5.41) is 6.02. The molecule has 1 fully saturated rings. The molecule has 0 amide bonds. The van der Waals surface area contributed by atoms with E-state index in [4.69, 9.17) is 0 Å². The van der Waals surface area contributed by atoms with Gasteiger partial charge in [0, 0.05) is 27.5 Å². The summed E-state index contributed by atoms with van der Waals surface area (Å²) in [6.45, 7) is 2.25. The Morgan fingerprint density at radius 2 is 2.22 bits per heavy atom. The van der Waals surface area contributed by atoms with Crippen molar-refractivity contribution in [1.29, 1.82) is 0 Å². The molecule has 2 unspecified atom stereocenters. The van der Waals surface area contributed by atoms with Crippen molar-refractivity contribution >= 4 is 32.5 Å². The maximum absolute atomic E-state index is 4.49. The maximum Gasteiger partial charge on any atom is 0.134 e. The van der Waals surface area contributed by atoms with Gasteiger partial charge in [0.05, 0.1) is 0 Å². The second kappa shape index (κ2) is 4.88. The number of nitrogens with zero attached hydrogens (tertiary/aromatic N) is 1. The largest absolute Gasteiger partial charge is 0.367 e. The Balaban J connectivity index is 1.87. The number of hydrogen-bond donors (Lipinski definition) is 1. The number of hydrogen-bond acceptors (Lipinski definition) is 2. The predicted molar refractivity (Wildman–Crippen MR) is 79.9 cm³/mol. The van der Waals surface area contributed by atoms with Crippen LogP contribution in [0.4, 0.5) is 5.82 Å². The Labute approximate surface area is 116 Å². The van der Waals surface area contributed by atoms with Gasteiger partial charge in [-0.2, -0.15) is 0 Å². The van der Waals surface area contributed by atoms with Crippen molar-refractivity contribution in [2.75, 3.05) is 5.32 Å².